The van der Waals surface area contributed by atoms with Crippen molar-refractivity contribution in [1.82, 2.24) is 20.6 Å². The summed E-state index contributed by atoms with van der Waals surface area (Å²) in [5.74, 6) is 0.102. The molecule has 22 heavy (non-hydrogen) atoms. The van der Waals surface area contributed by atoms with Gasteiger partial charge in [-0.05, 0) is 23.4 Å². The molecule has 0 unspecified atom stereocenters. The van der Waals surface area contributed by atoms with E-state index >= 15 is 0 Å². The number of H-pyrrole nitrogens is 1. The Hall–Kier alpha value is -3.49. The molecule has 9 nitrogen and oxygen atoms in total. The van der Waals surface area contributed by atoms with Crippen molar-refractivity contribution >= 4 is 18.1 Å². The SMILES string of the molecule is O=C(O)c1ccccc1-c1ccc(/C=N\Nc2nn[nH]n2)o1. The fourth-order valence-corrected chi connectivity index (χ4v) is 1.81. The van der Waals surface area contributed by atoms with Gasteiger partial charge in [-0.2, -0.15) is 10.3 Å². The van der Waals surface area contributed by atoms with Crippen LogP contribution in [0.25, 0.3) is 11.3 Å². The van der Waals surface area contributed by atoms with Crippen LogP contribution in [0.3, 0.4) is 0 Å². The molecule has 3 aromatic rings. The number of tetrazole rings is 1. The zero-order chi connectivity index (χ0) is 15.4. The molecule has 9 heteroatoms. The first kappa shape index (κ1) is 13.5. The van der Waals surface area contributed by atoms with E-state index < -0.39 is 5.97 Å². The number of nitrogens with zero attached hydrogens (tertiary/aromatic N) is 4. The molecule has 3 rings (SSSR count). The summed E-state index contributed by atoms with van der Waals surface area (Å²) in [7, 11) is 0. The Morgan fingerprint density at radius 3 is 2.95 bits per heavy atom. The van der Waals surface area contributed by atoms with Crippen LogP contribution in [-0.4, -0.2) is 37.9 Å². The van der Waals surface area contributed by atoms with Crippen molar-refractivity contribution in [3.8, 4) is 11.3 Å². The highest BCUT2D eigenvalue weighted by Gasteiger charge is 2.13. The molecule has 2 heterocycles. The molecule has 1 aromatic carbocycles. The molecule has 0 saturated carbocycles. The number of hydrogen-bond donors (Lipinski definition) is 3. The van der Waals surface area contributed by atoms with Crippen LogP contribution >= 0.6 is 0 Å². The number of carbonyl (C=O) groups is 1. The van der Waals surface area contributed by atoms with E-state index in [1.54, 1.807) is 30.3 Å². The van der Waals surface area contributed by atoms with Gasteiger partial charge >= 0.3 is 5.97 Å². The molecular weight excluding hydrogens is 288 g/mol. The predicted octanol–water partition coefficient (Wildman–Crippen LogP) is 1.60. The van der Waals surface area contributed by atoms with Crippen molar-refractivity contribution in [2.45, 2.75) is 0 Å². The van der Waals surface area contributed by atoms with E-state index in [-0.39, 0.29) is 11.5 Å². The van der Waals surface area contributed by atoms with Gasteiger partial charge in [-0.3, -0.25) is 0 Å². The number of aromatic amines is 1. The van der Waals surface area contributed by atoms with E-state index in [2.05, 4.69) is 31.2 Å². The Balaban J connectivity index is 1.79. The van der Waals surface area contributed by atoms with Crippen molar-refractivity contribution in [1.29, 1.82) is 0 Å². The second-order valence-corrected chi connectivity index (χ2v) is 4.16. The molecular formula is C13H10N6O3. The Labute approximate surface area is 123 Å². The maximum Gasteiger partial charge on any atom is 0.336 e. The van der Waals surface area contributed by atoms with Gasteiger partial charge in [-0.15, -0.1) is 5.10 Å². The third kappa shape index (κ3) is 2.82. The third-order valence-electron chi connectivity index (χ3n) is 2.75. The Bertz CT molecular complexity index is 809. The minimum absolute atomic E-state index is 0.172. The van der Waals surface area contributed by atoms with E-state index in [4.69, 9.17) is 4.42 Å². The number of benzene rings is 1. The number of furan rings is 1. The standard InChI is InChI=1S/C13H10N6O3/c20-12(21)10-4-2-1-3-9(10)11-6-5-8(22-11)7-14-15-13-16-18-19-17-13/h1-7H,(H,20,21)(H2,15,16,17,18,19)/b14-7-. The number of anilines is 1. The first-order valence-electron chi connectivity index (χ1n) is 6.19. The highest BCUT2D eigenvalue weighted by molar-refractivity contribution is 5.95. The zero-order valence-corrected chi connectivity index (χ0v) is 11.1. The summed E-state index contributed by atoms with van der Waals surface area (Å²) in [6.45, 7) is 0. The number of nitrogens with one attached hydrogen (secondary N) is 2. The number of aromatic carboxylic acids is 1. The molecule has 0 saturated heterocycles. The first-order chi connectivity index (χ1) is 10.7. The molecule has 0 radical (unpaired) electrons. The summed E-state index contributed by atoms with van der Waals surface area (Å²) in [4.78, 5) is 11.2. The van der Waals surface area contributed by atoms with Crippen LogP contribution in [0, 0.1) is 0 Å². The molecule has 3 N–H and O–H groups in total. The average molecular weight is 298 g/mol. The van der Waals surface area contributed by atoms with E-state index in [0.717, 1.165) is 0 Å². The van der Waals surface area contributed by atoms with E-state index in [9.17, 15) is 9.90 Å². The Kier molecular flexibility index (Phi) is 3.60. The Morgan fingerprint density at radius 1 is 1.32 bits per heavy atom. The summed E-state index contributed by atoms with van der Waals surface area (Å²) >= 11 is 0. The summed E-state index contributed by atoms with van der Waals surface area (Å²) in [5.41, 5.74) is 3.22. The summed E-state index contributed by atoms with van der Waals surface area (Å²) < 4.78 is 5.56. The number of hydrogen-bond acceptors (Lipinski definition) is 7. The van der Waals surface area contributed by atoms with Crippen LogP contribution in [0.5, 0.6) is 0 Å². The topological polar surface area (TPSA) is 129 Å². The molecule has 0 aliphatic heterocycles. The van der Waals surface area contributed by atoms with Crippen molar-refractivity contribution in [2.24, 2.45) is 5.10 Å². The minimum atomic E-state index is -1.01. The van der Waals surface area contributed by atoms with Crippen LogP contribution in [0.2, 0.25) is 0 Å². The molecule has 0 amide bonds. The quantitative estimate of drug-likeness (QED) is 0.482. The molecule has 0 spiro atoms. The van der Waals surface area contributed by atoms with Gasteiger partial charge in [0.25, 0.3) is 5.95 Å². The predicted molar refractivity (Wildman–Crippen MR) is 76.5 cm³/mol. The van der Waals surface area contributed by atoms with Crippen molar-refractivity contribution < 1.29 is 14.3 Å². The summed E-state index contributed by atoms with van der Waals surface area (Å²) in [6, 6.07) is 9.96. The maximum atomic E-state index is 11.2. The van der Waals surface area contributed by atoms with Gasteiger partial charge in [0.05, 0.1) is 11.8 Å². The number of hydrazone groups is 1. The van der Waals surface area contributed by atoms with Crippen LogP contribution in [0.15, 0.2) is 45.9 Å². The lowest BCUT2D eigenvalue weighted by Crippen LogP contribution is -1.98. The lowest BCUT2D eigenvalue weighted by Gasteiger charge is -2.01. The fraction of sp³-hybridized carbons (Fsp3) is 0. The highest BCUT2D eigenvalue weighted by atomic mass is 16.4. The van der Waals surface area contributed by atoms with Gasteiger partial charge in [-0.1, -0.05) is 23.3 Å². The van der Waals surface area contributed by atoms with Gasteiger partial charge in [0.15, 0.2) is 0 Å². The maximum absolute atomic E-state index is 11.2. The van der Waals surface area contributed by atoms with Crippen LogP contribution in [0.4, 0.5) is 5.95 Å². The molecule has 0 bridgehead atoms. The first-order valence-corrected chi connectivity index (χ1v) is 6.19. The number of aromatic nitrogens is 4. The monoisotopic (exact) mass is 298 g/mol. The van der Waals surface area contributed by atoms with E-state index in [1.165, 1.54) is 12.3 Å². The van der Waals surface area contributed by atoms with E-state index in [0.29, 0.717) is 17.1 Å². The number of carboxylic acid groups (broad SMARTS) is 1. The largest absolute Gasteiger partial charge is 0.478 e. The second-order valence-electron chi connectivity index (χ2n) is 4.16. The Morgan fingerprint density at radius 2 is 2.18 bits per heavy atom. The average Bonchev–Trinajstić information content (AvgIpc) is 3.19. The number of carboxylic acids is 1. The molecule has 0 aliphatic carbocycles. The minimum Gasteiger partial charge on any atom is -0.478 e. The van der Waals surface area contributed by atoms with Crippen LogP contribution < -0.4 is 5.43 Å². The normalized spacial score (nSPS) is 10.9. The van der Waals surface area contributed by atoms with Crippen molar-refractivity contribution in [2.75, 3.05) is 5.43 Å². The van der Waals surface area contributed by atoms with E-state index in [1.807, 2.05) is 0 Å². The molecule has 0 fully saturated rings. The molecule has 2 aromatic heterocycles. The fourth-order valence-electron chi connectivity index (χ4n) is 1.81. The summed E-state index contributed by atoms with van der Waals surface area (Å²) in [5, 5.41) is 26.0. The van der Waals surface area contributed by atoms with Crippen LogP contribution in [0.1, 0.15) is 16.1 Å². The van der Waals surface area contributed by atoms with Crippen molar-refractivity contribution in [3.63, 3.8) is 0 Å². The second kappa shape index (κ2) is 5.87. The van der Waals surface area contributed by atoms with Gasteiger partial charge in [-0.25, -0.2) is 10.2 Å². The van der Waals surface area contributed by atoms with Crippen molar-refractivity contribution in [3.05, 3.63) is 47.7 Å². The zero-order valence-electron chi connectivity index (χ0n) is 11.1. The van der Waals surface area contributed by atoms with Gasteiger partial charge < -0.3 is 9.52 Å². The lowest BCUT2D eigenvalue weighted by atomic mass is 10.1. The number of rotatable bonds is 5. The van der Waals surface area contributed by atoms with Gasteiger partial charge in [0.2, 0.25) is 0 Å². The lowest BCUT2D eigenvalue weighted by molar-refractivity contribution is 0.0697. The third-order valence-corrected chi connectivity index (χ3v) is 2.75. The smallest absolute Gasteiger partial charge is 0.336 e. The summed E-state index contributed by atoms with van der Waals surface area (Å²) in [6.07, 6.45) is 1.42. The van der Waals surface area contributed by atoms with Gasteiger partial charge in [0.1, 0.15) is 11.5 Å². The molecule has 0 atom stereocenters. The highest BCUT2D eigenvalue weighted by Crippen LogP contribution is 2.25. The van der Waals surface area contributed by atoms with Crippen LogP contribution in [-0.2, 0) is 0 Å². The van der Waals surface area contributed by atoms with Gasteiger partial charge in [0, 0.05) is 5.56 Å². The molecule has 110 valence electrons. The molecule has 0 aliphatic rings.